The molecule has 1 atom stereocenters. The number of benzene rings is 1. The molecule has 4 nitrogen and oxygen atoms in total. The van der Waals surface area contributed by atoms with Crippen LogP contribution in [0.25, 0.3) is 0 Å². The number of primary amides is 1. The van der Waals surface area contributed by atoms with Gasteiger partial charge in [-0.1, -0.05) is 19.1 Å². The second-order valence-electron chi connectivity index (χ2n) is 3.53. The van der Waals surface area contributed by atoms with E-state index in [4.69, 9.17) is 10.5 Å². The number of hydrogen-bond acceptors (Lipinski definition) is 3. The minimum Gasteiger partial charge on any atom is -0.480 e. The number of carbonyl (C=O) groups excluding carboxylic acids is 2. The summed E-state index contributed by atoms with van der Waals surface area (Å²) in [5, 5.41) is 0. The summed E-state index contributed by atoms with van der Waals surface area (Å²) in [7, 11) is 0. The van der Waals surface area contributed by atoms with Crippen LogP contribution in [0.1, 0.15) is 29.3 Å². The smallest absolute Gasteiger partial charge is 0.258 e. The largest absolute Gasteiger partial charge is 0.480 e. The molecule has 1 rings (SSSR count). The lowest BCUT2D eigenvalue weighted by Crippen LogP contribution is -2.33. The number of hydrogen-bond donors (Lipinski definition) is 1. The Morgan fingerprint density at radius 1 is 1.56 bits per heavy atom. The third-order valence-corrected chi connectivity index (χ3v) is 2.32. The van der Waals surface area contributed by atoms with Gasteiger partial charge in [0.25, 0.3) is 5.91 Å². The zero-order valence-corrected chi connectivity index (χ0v) is 9.40. The molecule has 86 valence electrons. The molecule has 0 saturated heterocycles. The lowest BCUT2D eigenvalue weighted by molar-refractivity contribution is -0.124. The zero-order chi connectivity index (χ0) is 12.1. The number of ether oxygens (including phenoxy) is 1. The van der Waals surface area contributed by atoms with Crippen molar-refractivity contribution < 1.29 is 14.3 Å². The van der Waals surface area contributed by atoms with Crippen molar-refractivity contribution in [1.82, 2.24) is 0 Å². The summed E-state index contributed by atoms with van der Waals surface area (Å²) in [6.07, 6.45) is 0.484. The highest BCUT2D eigenvalue weighted by Crippen LogP contribution is 2.23. The van der Waals surface area contributed by atoms with Crippen LogP contribution >= 0.6 is 0 Å². The molecule has 4 heteroatoms. The maximum absolute atomic E-state index is 11.1. The van der Waals surface area contributed by atoms with E-state index in [0.717, 1.165) is 5.56 Å². The standard InChI is InChI=1S/C12H15NO3/c1-3-10(12(13)15)16-11-8(2)5-4-6-9(11)7-14/h4-7,10H,3H2,1-2H3,(H2,13,15). The van der Waals surface area contributed by atoms with E-state index in [9.17, 15) is 9.59 Å². The first-order valence-electron chi connectivity index (χ1n) is 5.11. The molecule has 1 amide bonds. The van der Waals surface area contributed by atoms with Crippen LogP contribution in [-0.4, -0.2) is 18.3 Å². The fourth-order valence-corrected chi connectivity index (χ4v) is 1.41. The Morgan fingerprint density at radius 2 is 2.25 bits per heavy atom. The Bertz CT molecular complexity index is 401. The summed E-state index contributed by atoms with van der Waals surface area (Å²) in [6.45, 7) is 3.62. The third kappa shape index (κ3) is 2.59. The van der Waals surface area contributed by atoms with Crippen molar-refractivity contribution in [2.24, 2.45) is 5.73 Å². The van der Waals surface area contributed by atoms with Gasteiger partial charge in [0.15, 0.2) is 12.4 Å². The van der Waals surface area contributed by atoms with Crippen LogP contribution in [-0.2, 0) is 4.79 Å². The summed E-state index contributed by atoms with van der Waals surface area (Å²) in [4.78, 5) is 21.9. The monoisotopic (exact) mass is 221 g/mol. The Morgan fingerprint density at radius 3 is 2.75 bits per heavy atom. The second-order valence-corrected chi connectivity index (χ2v) is 3.53. The number of amides is 1. The normalized spacial score (nSPS) is 11.9. The summed E-state index contributed by atoms with van der Waals surface area (Å²) >= 11 is 0. The molecule has 0 fully saturated rings. The summed E-state index contributed by atoms with van der Waals surface area (Å²) in [5.41, 5.74) is 6.42. The van der Waals surface area contributed by atoms with Gasteiger partial charge in [-0.2, -0.15) is 0 Å². The SMILES string of the molecule is CCC(Oc1c(C)cccc1C=O)C(N)=O. The average Bonchev–Trinajstić information content (AvgIpc) is 2.26. The zero-order valence-electron chi connectivity index (χ0n) is 9.40. The Balaban J connectivity index is 3.03. The van der Waals surface area contributed by atoms with Crippen molar-refractivity contribution in [3.8, 4) is 5.75 Å². The van der Waals surface area contributed by atoms with Gasteiger partial charge in [0.2, 0.25) is 0 Å². The highest BCUT2D eigenvalue weighted by atomic mass is 16.5. The van der Waals surface area contributed by atoms with Crippen molar-refractivity contribution >= 4 is 12.2 Å². The number of rotatable bonds is 5. The van der Waals surface area contributed by atoms with Gasteiger partial charge >= 0.3 is 0 Å². The number of nitrogens with two attached hydrogens (primary N) is 1. The van der Waals surface area contributed by atoms with Crippen molar-refractivity contribution in [3.05, 3.63) is 29.3 Å². The van der Waals surface area contributed by atoms with E-state index in [1.807, 2.05) is 13.0 Å². The molecule has 1 aromatic rings. The minimum atomic E-state index is -0.695. The highest BCUT2D eigenvalue weighted by Gasteiger charge is 2.17. The van der Waals surface area contributed by atoms with Crippen LogP contribution in [0.4, 0.5) is 0 Å². The summed E-state index contributed by atoms with van der Waals surface area (Å²) in [5.74, 6) is -0.0919. The van der Waals surface area contributed by atoms with E-state index in [0.29, 0.717) is 24.0 Å². The number of para-hydroxylation sites is 1. The predicted octanol–water partition coefficient (Wildman–Crippen LogP) is 1.45. The predicted molar refractivity (Wildman–Crippen MR) is 60.5 cm³/mol. The molecule has 0 aromatic heterocycles. The molecule has 2 N–H and O–H groups in total. The topological polar surface area (TPSA) is 69.4 Å². The molecule has 1 aromatic carbocycles. The molecular formula is C12H15NO3. The van der Waals surface area contributed by atoms with Crippen molar-refractivity contribution in [2.75, 3.05) is 0 Å². The molecule has 0 aliphatic heterocycles. The van der Waals surface area contributed by atoms with Gasteiger partial charge in [-0.25, -0.2) is 0 Å². The Labute approximate surface area is 94.4 Å². The van der Waals surface area contributed by atoms with Gasteiger partial charge in [-0.15, -0.1) is 0 Å². The summed E-state index contributed by atoms with van der Waals surface area (Å²) in [6, 6.07) is 5.22. The lowest BCUT2D eigenvalue weighted by Gasteiger charge is -2.17. The Kier molecular flexibility index (Phi) is 4.05. The molecule has 0 heterocycles. The van der Waals surface area contributed by atoms with Gasteiger partial charge in [0.05, 0.1) is 5.56 Å². The van der Waals surface area contributed by atoms with Gasteiger partial charge < -0.3 is 10.5 Å². The van der Waals surface area contributed by atoms with Crippen LogP contribution < -0.4 is 10.5 Å². The maximum Gasteiger partial charge on any atom is 0.258 e. The first-order chi connectivity index (χ1) is 7.60. The van der Waals surface area contributed by atoms with Crippen LogP contribution in [0.15, 0.2) is 18.2 Å². The van der Waals surface area contributed by atoms with E-state index in [1.165, 1.54) is 0 Å². The first-order valence-corrected chi connectivity index (χ1v) is 5.11. The molecule has 0 aliphatic carbocycles. The van der Waals surface area contributed by atoms with E-state index in [2.05, 4.69) is 0 Å². The van der Waals surface area contributed by atoms with Gasteiger partial charge in [0.1, 0.15) is 5.75 Å². The van der Waals surface area contributed by atoms with Crippen molar-refractivity contribution in [1.29, 1.82) is 0 Å². The van der Waals surface area contributed by atoms with E-state index >= 15 is 0 Å². The van der Waals surface area contributed by atoms with Crippen LogP contribution in [0, 0.1) is 6.92 Å². The second kappa shape index (κ2) is 5.30. The van der Waals surface area contributed by atoms with Crippen molar-refractivity contribution in [3.63, 3.8) is 0 Å². The lowest BCUT2D eigenvalue weighted by atomic mass is 10.1. The molecular weight excluding hydrogens is 206 g/mol. The molecule has 0 spiro atoms. The first kappa shape index (κ1) is 12.2. The van der Waals surface area contributed by atoms with E-state index in [1.54, 1.807) is 19.1 Å². The maximum atomic E-state index is 11.1. The molecule has 0 bridgehead atoms. The fraction of sp³-hybridized carbons (Fsp3) is 0.333. The summed E-state index contributed by atoms with van der Waals surface area (Å²) < 4.78 is 5.47. The number of aldehydes is 1. The van der Waals surface area contributed by atoms with Crippen LogP contribution in [0.5, 0.6) is 5.75 Å². The Hall–Kier alpha value is -1.84. The molecule has 0 radical (unpaired) electrons. The number of aryl methyl sites for hydroxylation is 1. The van der Waals surface area contributed by atoms with E-state index in [-0.39, 0.29) is 0 Å². The third-order valence-electron chi connectivity index (χ3n) is 2.32. The average molecular weight is 221 g/mol. The van der Waals surface area contributed by atoms with E-state index < -0.39 is 12.0 Å². The van der Waals surface area contributed by atoms with Gasteiger partial charge in [-0.05, 0) is 25.0 Å². The number of carbonyl (C=O) groups is 2. The molecule has 1 unspecified atom stereocenters. The van der Waals surface area contributed by atoms with Crippen LogP contribution in [0.2, 0.25) is 0 Å². The fourth-order valence-electron chi connectivity index (χ4n) is 1.41. The molecule has 0 saturated carbocycles. The quantitative estimate of drug-likeness (QED) is 0.765. The minimum absolute atomic E-state index is 0.430. The highest BCUT2D eigenvalue weighted by molar-refractivity contribution is 5.82. The molecule has 0 aliphatic rings. The molecule has 16 heavy (non-hydrogen) atoms. The van der Waals surface area contributed by atoms with Crippen LogP contribution in [0.3, 0.4) is 0 Å². The van der Waals surface area contributed by atoms with Gasteiger partial charge in [0, 0.05) is 0 Å². The van der Waals surface area contributed by atoms with Crippen molar-refractivity contribution in [2.45, 2.75) is 26.4 Å². The van der Waals surface area contributed by atoms with Gasteiger partial charge in [-0.3, -0.25) is 9.59 Å².